The number of anilines is 1. The van der Waals surface area contributed by atoms with Crippen molar-refractivity contribution in [1.29, 1.82) is 0 Å². The fourth-order valence-corrected chi connectivity index (χ4v) is 3.33. The first-order valence-electron chi connectivity index (χ1n) is 8.60. The number of aromatic nitrogens is 5. The summed E-state index contributed by atoms with van der Waals surface area (Å²) in [5.41, 5.74) is 3.08. The zero-order valence-corrected chi connectivity index (χ0v) is 15.1. The Morgan fingerprint density at radius 3 is 2.67 bits per heavy atom. The van der Waals surface area contributed by atoms with Crippen LogP contribution in [0.3, 0.4) is 0 Å². The van der Waals surface area contributed by atoms with Crippen molar-refractivity contribution >= 4 is 5.95 Å². The molecule has 2 aromatic rings. The van der Waals surface area contributed by atoms with Crippen LogP contribution in [-0.4, -0.2) is 57.0 Å². The third kappa shape index (κ3) is 4.29. The normalized spacial score (nSPS) is 18.4. The van der Waals surface area contributed by atoms with Crippen molar-refractivity contribution < 1.29 is 0 Å². The summed E-state index contributed by atoms with van der Waals surface area (Å²) >= 11 is 0. The number of rotatable bonds is 5. The van der Waals surface area contributed by atoms with Crippen molar-refractivity contribution in [3.63, 3.8) is 0 Å². The van der Waals surface area contributed by atoms with Crippen molar-refractivity contribution in [2.45, 2.75) is 39.8 Å². The summed E-state index contributed by atoms with van der Waals surface area (Å²) in [5, 5.41) is 8.53. The molecule has 1 aliphatic rings. The molecule has 0 bridgehead atoms. The average molecular weight is 329 g/mol. The van der Waals surface area contributed by atoms with Crippen molar-refractivity contribution in [3.8, 4) is 0 Å². The second-order valence-electron chi connectivity index (χ2n) is 7.07. The molecule has 130 valence electrons. The lowest BCUT2D eigenvalue weighted by atomic mass is 9.98. The number of hydrogen-bond acceptors (Lipinski definition) is 6. The smallest absolute Gasteiger partial charge is 0.225 e. The first-order valence-corrected chi connectivity index (χ1v) is 8.60. The molecular formula is C17H27N7. The van der Waals surface area contributed by atoms with Crippen LogP contribution in [0.15, 0.2) is 12.3 Å². The molecule has 0 N–H and O–H groups in total. The van der Waals surface area contributed by atoms with Crippen LogP contribution in [0.1, 0.15) is 29.9 Å². The lowest BCUT2D eigenvalue weighted by Crippen LogP contribution is -2.38. The first-order chi connectivity index (χ1) is 11.5. The van der Waals surface area contributed by atoms with Crippen LogP contribution in [0, 0.1) is 19.8 Å². The maximum absolute atomic E-state index is 4.61. The SMILES string of the molecule is Cc1cc(C)nc(N2CCC[C@H](Cn3cc(CN(C)C)nn3)C2)n1. The summed E-state index contributed by atoms with van der Waals surface area (Å²) in [4.78, 5) is 13.6. The highest BCUT2D eigenvalue weighted by molar-refractivity contribution is 5.32. The van der Waals surface area contributed by atoms with Crippen LogP contribution in [-0.2, 0) is 13.1 Å². The standard InChI is InChI=1S/C17H27N7/c1-13-8-14(2)19-17(18-13)23-7-5-6-15(9-23)10-24-12-16(20-21-24)11-22(3)4/h8,12,15H,5-7,9-11H2,1-4H3/t15-/m0/s1. The van der Waals surface area contributed by atoms with Gasteiger partial charge in [-0.1, -0.05) is 5.21 Å². The molecule has 3 rings (SSSR count). The van der Waals surface area contributed by atoms with Crippen LogP contribution >= 0.6 is 0 Å². The van der Waals surface area contributed by atoms with Gasteiger partial charge in [-0.15, -0.1) is 5.10 Å². The third-order valence-electron chi connectivity index (χ3n) is 4.28. The van der Waals surface area contributed by atoms with Gasteiger partial charge in [-0.3, -0.25) is 4.68 Å². The van der Waals surface area contributed by atoms with Crippen LogP contribution in [0.4, 0.5) is 5.95 Å². The van der Waals surface area contributed by atoms with Crippen molar-refractivity contribution in [1.82, 2.24) is 29.9 Å². The van der Waals surface area contributed by atoms with Crippen LogP contribution in [0.5, 0.6) is 0 Å². The summed E-state index contributed by atoms with van der Waals surface area (Å²) in [5.74, 6) is 1.42. The van der Waals surface area contributed by atoms with Gasteiger partial charge < -0.3 is 9.80 Å². The highest BCUT2D eigenvalue weighted by atomic mass is 15.4. The van der Waals surface area contributed by atoms with E-state index in [1.165, 1.54) is 12.8 Å². The summed E-state index contributed by atoms with van der Waals surface area (Å²) in [6, 6.07) is 2.02. The molecule has 0 saturated carbocycles. The summed E-state index contributed by atoms with van der Waals surface area (Å²) in [6.07, 6.45) is 4.44. The minimum atomic E-state index is 0.553. The Kier molecular flexibility index (Phi) is 5.08. The Bertz CT molecular complexity index is 659. The Morgan fingerprint density at radius 1 is 1.21 bits per heavy atom. The van der Waals surface area contributed by atoms with Crippen LogP contribution in [0.25, 0.3) is 0 Å². The number of piperidine rings is 1. The minimum absolute atomic E-state index is 0.553. The van der Waals surface area contributed by atoms with E-state index in [2.05, 4.69) is 36.3 Å². The summed E-state index contributed by atoms with van der Waals surface area (Å²) in [7, 11) is 4.09. The number of aryl methyl sites for hydroxylation is 2. The van der Waals surface area contributed by atoms with Gasteiger partial charge in [0.25, 0.3) is 0 Å². The molecule has 0 spiro atoms. The molecule has 1 saturated heterocycles. The maximum Gasteiger partial charge on any atom is 0.225 e. The van der Waals surface area contributed by atoms with Gasteiger partial charge in [0.2, 0.25) is 5.95 Å². The Labute approximate surface area is 143 Å². The number of hydrogen-bond donors (Lipinski definition) is 0. The molecule has 0 amide bonds. The van der Waals surface area contributed by atoms with Gasteiger partial charge in [0.05, 0.1) is 5.69 Å². The molecular weight excluding hydrogens is 302 g/mol. The second-order valence-corrected chi connectivity index (χ2v) is 7.07. The Hall–Kier alpha value is -2.02. The van der Waals surface area contributed by atoms with Gasteiger partial charge in [0, 0.05) is 43.8 Å². The van der Waals surface area contributed by atoms with Gasteiger partial charge in [-0.25, -0.2) is 9.97 Å². The molecule has 7 heteroatoms. The predicted molar refractivity (Wildman–Crippen MR) is 93.9 cm³/mol. The molecule has 0 aliphatic carbocycles. The molecule has 1 fully saturated rings. The molecule has 0 radical (unpaired) electrons. The maximum atomic E-state index is 4.61. The van der Waals surface area contributed by atoms with Crippen LogP contribution in [0.2, 0.25) is 0 Å². The van der Waals surface area contributed by atoms with Gasteiger partial charge in [0.15, 0.2) is 0 Å². The van der Waals surface area contributed by atoms with E-state index in [0.29, 0.717) is 5.92 Å². The van der Waals surface area contributed by atoms with Gasteiger partial charge in [0.1, 0.15) is 0 Å². The molecule has 24 heavy (non-hydrogen) atoms. The van der Waals surface area contributed by atoms with Gasteiger partial charge in [-0.2, -0.15) is 0 Å². The fourth-order valence-electron chi connectivity index (χ4n) is 3.33. The molecule has 1 aliphatic heterocycles. The second kappa shape index (κ2) is 7.25. The fraction of sp³-hybridized carbons (Fsp3) is 0.647. The molecule has 7 nitrogen and oxygen atoms in total. The highest BCUT2D eigenvalue weighted by Crippen LogP contribution is 2.22. The van der Waals surface area contributed by atoms with E-state index in [9.17, 15) is 0 Å². The molecule has 0 aromatic carbocycles. The minimum Gasteiger partial charge on any atom is -0.340 e. The zero-order chi connectivity index (χ0) is 17.1. The third-order valence-corrected chi connectivity index (χ3v) is 4.28. The predicted octanol–water partition coefficient (Wildman–Crippen LogP) is 1.66. The zero-order valence-electron chi connectivity index (χ0n) is 15.1. The average Bonchev–Trinajstić information content (AvgIpc) is 2.92. The van der Waals surface area contributed by atoms with Crippen molar-refractivity contribution in [2.75, 3.05) is 32.1 Å². The quantitative estimate of drug-likeness (QED) is 0.831. The van der Waals surface area contributed by atoms with E-state index >= 15 is 0 Å². The summed E-state index contributed by atoms with van der Waals surface area (Å²) in [6.45, 7) is 7.80. The molecule has 0 unspecified atom stereocenters. The van der Waals surface area contributed by atoms with Crippen LogP contribution < -0.4 is 4.90 Å². The Balaban J connectivity index is 1.64. The molecule has 1 atom stereocenters. The lowest BCUT2D eigenvalue weighted by Gasteiger charge is -2.32. The Morgan fingerprint density at radius 2 is 1.96 bits per heavy atom. The van der Waals surface area contributed by atoms with E-state index in [-0.39, 0.29) is 0 Å². The van der Waals surface area contributed by atoms with Gasteiger partial charge in [-0.05, 0) is 52.8 Å². The van der Waals surface area contributed by atoms with Crippen molar-refractivity contribution in [3.05, 3.63) is 29.3 Å². The number of nitrogens with zero attached hydrogens (tertiary/aromatic N) is 7. The van der Waals surface area contributed by atoms with E-state index in [1.807, 2.05) is 38.7 Å². The van der Waals surface area contributed by atoms with E-state index in [1.54, 1.807) is 0 Å². The molecule has 3 heterocycles. The van der Waals surface area contributed by atoms with E-state index < -0.39 is 0 Å². The molecule has 2 aromatic heterocycles. The van der Waals surface area contributed by atoms with Crippen molar-refractivity contribution in [2.24, 2.45) is 5.92 Å². The first kappa shape index (κ1) is 16.8. The largest absolute Gasteiger partial charge is 0.340 e. The lowest BCUT2D eigenvalue weighted by molar-refractivity contribution is 0.346. The topological polar surface area (TPSA) is 63.0 Å². The van der Waals surface area contributed by atoms with E-state index in [4.69, 9.17) is 0 Å². The van der Waals surface area contributed by atoms with Gasteiger partial charge >= 0.3 is 0 Å². The summed E-state index contributed by atoms with van der Waals surface area (Å²) < 4.78 is 1.98. The monoisotopic (exact) mass is 329 g/mol. The van der Waals surface area contributed by atoms with E-state index in [0.717, 1.165) is 49.2 Å². The highest BCUT2D eigenvalue weighted by Gasteiger charge is 2.23.